The minimum Gasteiger partial charge on any atom is -0.481 e. The van der Waals surface area contributed by atoms with E-state index in [2.05, 4.69) is 15.7 Å². The molecule has 0 radical (unpaired) electrons. The SMILES string of the molecule is CC(CC(=O)O)NC(=O)CCC(=O)Nc1ccc(C=NN)cc1. The number of hydrazone groups is 1. The van der Waals surface area contributed by atoms with Gasteiger partial charge in [0, 0.05) is 24.6 Å². The molecule has 0 aliphatic rings. The van der Waals surface area contributed by atoms with Crippen molar-refractivity contribution in [3.05, 3.63) is 29.8 Å². The third-order valence-electron chi connectivity index (χ3n) is 2.89. The summed E-state index contributed by atoms with van der Waals surface area (Å²) in [6.07, 6.45) is 1.33. The molecule has 1 aromatic carbocycles. The molecule has 1 unspecified atom stereocenters. The standard InChI is InChI=1S/C15H20N4O4/c1-10(8-15(22)23)18-13(20)6-7-14(21)19-12-4-2-11(3-5-12)9-17-16/h2-5,9-10H,6-8,16H2,1H3,(H,18,20)(H,19,21)(H,22,23). The first-order valence-electron chi connectivity index (χ1n) is 7.05. The molecule has 0 aromatic heterocycles. The highest BCUT2D eigenvalue weighted by atomic mass is 16.4. The Morgan fingerprint density at radius 1 is 1.22 bits per heavy atom. The topological polar surface area (TPSA) is 134 Å². The monoisotopic (exact) mass is 320 g/mol. The van der Waals surface area contributed by atoms with E-state index in [4.69, 9.17) is 10.9 Å². The van der Waals surface area contributed by atoms with Crippen LogP contribution in [0.5, 0.6) is 0 Å². The van der Waals surface area contributed by atoms with Crippen LogP contribution in [0.3, 0.4) is 0 Å². The first kappa shape index (κ1) is 18.1. The summed E-state index contributed by atoms with van der Waals surface area (Å²) in [5.41, 5.74) is 1.40. The Hall–Kier alpha value is -2.90. The van der Waals surface area contributed by atoms with Crippen molar-refractivity contribution in [3.8, 4) is 0 Å². The van der Waals surface area contributed by atoms with Crippen molar-refractivity contribution < 1.29 is 19.5 Å². The van der Waals surface area contributed by atoms with Crippen LogP contribution in [-0.2, 0) is 14.4 Å². The zero-order chi connectivity index (χ0) is 17.2. The summed E-state index contributed by atoms with van der Waals surface area (Å²) in [4.78, 5) is 33.9. The van der Waals surface area contributed by atoms with E-state index < -0.39 is 12.0 Å². The Balaban J connectivity index is 2.36. The highest BCUT2D eigenvalue weighted by Gasteiger charge is 2.12. The van der Waals surface area contributed by atoms with Crippen LogP contribution in [-0.4, -0.2) is 35.1 Å². The molecule has 5 N–H and O–H groups in total. The molecule has 0 aliphatic carbocycles. The minimum atomic E-state index is -0.987. The van der Waals surface area contributed by atoms with Crippen LogP contribution in [0.25, 0.3) is 0 Å². The molecule has 8 nitrogen and oxygen atoms in total. The van der Waals surface area contributed by atoms with E-state index in [0.29, 0.717) is 5.69 Å². The van der Waals surface area contributed by atoms with Gasteiger partial charge in [0.15, 0.2) is 0 Å². The van der Waals surface area contributed by atoms with E-state index in [1.54, 1.807) is 31.2 Å². The predicted molar refractivity (Wildman–Crippen MR) is 85.9 cm³/mol. The summed E-state index contributed by atoms with van der Waals surface area (Å²) in [5.74, 6) is 3.39. The summed E-state index contributed by atoms with van der Waals surface area (Å²) < 4.78 is 0. The summed E-state index contributed by atoms with van der Waals surface area (Å²) >= 11 is 0. The largest absolute Gasteiger partial charge is 0.481 e. The predicted octanol–water partition coefficient (Wildman–Crippen LogP) is 0.677. The van der Waals surface area contributed by atoms with Crippen molar-refractivity contribution in [2.24, 2.45) is 10.9 Å². The van der Waals surface area contributed by atoms with Gasteiger partial charge in [-0.25, -0.2) is 0 Å². The third kappa shape index (κ3) is 7.60. The fourth-order valence-corrected chi connectivity index (χ4v) is 1.85. The Kier molecular flexibility index (Phi) is 7.25. The Labute approximate surface area is 133 Å². The first-order chi connectivity index (χ1) is 10.9. The summed E-state index contributed by atoms with van der Waals surface area (Å²) in [7, 11) is 0. The van der Waals surface area contributed by atoms with Crippen LogP contribution in [0.4, 0.5) is 5.69 Å². The van der Waals surface area contributed by atoms with Gasteiger partial charge in [0.25, 0.3) is 0 Å². The van der Waals surface area contributed by atoms with E-state index in [1.807, 2.05) is 0 Å². The molecule has 0 saturated heterocycles. The van der Waals surface area contributed by atoms with Gasteiger partial charge >= 0.3 is 5.97 Å². The van der Waals surface area contributed by atoms with Crippen molar-refractivity contribution >= 4 is 29.7 Å². The van der Waals surface area contributed by atoms with Crippen molar-refractivity contribution in [1.82, 2.24) is 5.32 Å². The molecule has 0 heterocycles. The zero-order valence-electron chi connectivity index (χ0n) is 12.8. The molecule has 0 aliphatic heterocycles. The Morgan fingerprint density at radius 3 is 2.39 bits per heavy atom. The number of aliphatic carboxylic acids is 1. The van der Waals surface area contributed by atoms with Gasteiger partial charge in [-0.05, 0) is 24.6 Å². The van der Waals surface area contributed by atoms with Crippen molar-refractivity contribution in [3.63, 3.8) is 0 Å². The van der Waals surface area contributed by atoms with Crippen LogP contribution in [0.1, 0.15) is 31.7 Å². The lowest BCUT2D eigenvalue weighted by molar-refractivity contribution is -0.137. The number of nitrogens with zero attached hydrogens (tertiary/aromatic N) is 1. The minimum absolute atomic E-state index is 0.00624. The van der Waals surface area contributed by atoms with Crippen molar-refractivity contribution in [1.29, 1.82) is 0 Å². The Bertz CT molecular complexity index is 584. The maximum Gasteiger partial charge on any atom is 0.305 e. The second kappa shape index (κ2) is 9.19. The molecule has 0 bridgehead atoms. The normalized spacial score (nSPS) is 11.9. The fraction of sp³-hybridized carbons (Fsp3) is 0.333. The van der Waals surface area contributed by atoms with Crippen LogP contribution >= 0.6 is 0 Å². The number of nitrogens with one attached hydrogen (secondary N) is 2. The molecule has 23 heavy (non-hydrogen) atoms. The van der Waals surface area contributed by atoms with E-state index in [-0.39, 0.29) is 31.1 Å². The lowest BCUT2D eigenvalue weighted by Crippen LogP contribution is -2.34. The highest BCUT2D eigenvalue weighted by molar-refractivity contribution is 5.93. The number of anilines is 1. The number of hydrogen-bond donors (Lipinski definition) is 4. The average Bonchev–Trinajstić information content (AvgIpc) is 2.46. The van der Waals surface area contributed by atoms with E-state index in [0.717, 1.165) is 5.56 Å². The van der Waals surface area contributed by atoms with Crippen molar-refractivity contribution in [2.75, 3.05) is 5.32 Å². The van der Waals surface area contributed by atoms with Crippen molar-refractivity contribution in [2.45, 2.75) is 32.2 Å². The molecule has 0 saturated carbocycles. The fourth-order valence-electron chi connectivity index (χ4n) is 1.85. The number of nitrogens with two attached hydrogens (primary N) is 1. The molecule has 1 atom stereocenters. The number of carboxylic acid groups (broad SMARTS) is 1. The molecule has 0 spiro atoms. The van der Waals surface area contributed by atoms with Crippen LogP contribution in [0.2, 0.25) is 0 Å². The summed E-state index contributed by atoms with van der Waals surface area (Å²) in [6.45, 7) is 1.60. The van der Waals surface area contributed by atoms with E-state index >= 15 is 0 Å². The highest BCUT2D eigenvalue weighted by Crippen LogP contribution is 2.09. The van der Waals surface area contributed by atoms with Gasteiger partial charge < -0.3 is 21.6 Å². The number of carboxylic acids is 1. The molecular formula is C15H20N4O4. The van der Waals surface area contributed by atoms with E-state index in [9.17, 15) is 14.4 Å². The van der Waals surface area contributed by atoms with Gasteiger partial charge in [0.1, 0.15) is 0 Å². The third-order valence-corrected chi connectivity index (χ3v) is 2.89. The van der Waals surface area contributed by atoms with Gasteiger partial charge in [-0.3, -0.25) is 14.4 Å². The quantitative estimate of drug-likeness (QED) is 0.317. The number of carbonyl (C=O) groups is 3. The number of rotatable bonds is 8. The van der Waals surface area contributed by atoms with Gasteiger partial charge in [-0.2, -0.15) is 5.10 Å². The van der Waals surface area contributed by atoms with Gasteiger partial charge in [0.2, 0.25) is 11.8 Å². The molecule has 8 heteroatoms. The summed E-state index contributed by atoms with van der Waals surface area (Å²) in [5, 5.41) is 17.2. The molecule has 2 amide bonds. The lowest BCUT2D eigenvalue weighted by Gasteiger charge is -2.11. The number of hydrogen-bond acceptors (Lipinski definition) is 5. The maximum atomic E-state index is 11.8. The smallest absolute Gasteiger partial charge is 0.305 e. The molecule has 1 rings (SSSR count). The Morgan fingerprint density at radius 2 is 1.83 bits per heavy atom. The van der Waals surface area contributed by atoms with E-state index in [1.165, 1.54) is 6.21 Å². The average molecular weight is 320 g/mol. The second-order valence-electron chi connectivity index (χ2n) is 5.01. The number of amides is 2. The lowest BCUT2D eigenvalue weighted by atomic mass is 10.2. The molecule has 0 fully saturated rings. The number of carbonyl (C=O) groups excluding carboxylic acids is 2. The molecule has 1 aromatic rings. The van der Waals surface area contributed by atoms with Crippen LogP contribution in [0.15, 0.2) is 29.4 Å². The molecular weight excluding hydrogens is 300 g/mol. The van der Waals surface area contributed by atoms with Crippen LogP contribution in [0, 0.1) is 0 Å². The zero-order valence-corrected chi connectivity index (χ0v) is 12.8. The number of benzene rings is 1. The maximum absolute atomic E-state index is 11.8. The summed E-state index contributed by atoms with van der Waals surface area (Å²) in [6, 6.07) is 6.41. The van der Waals surface area contributed by atoms with Gasteiger partial charge in [0.05, 0.1) is 12.6 Å². The first-order valence-corrected chi connectivity index (χ1v) is 7.05. The van der Waals surface area contributed by atoms with Gasteiger partial charge in [-0.15, -0.1) is 0 Å². The second-order valence-corrected chi connectivity index (χ2v) is 5.01. The molecule has 124 valence electrons. The van der Waals surface area contributed by atoms with Crippen LogP contribution < -0.4 is 16.5 Å². The van der Waals surface area contributed by atoms with Gasteiger partial charge in [-0.1, -0.05) is 12.1 Å².